The molecule has 0 saturated heterocycles. The molecule has 8 aliphatic rings. The lowest BCUT2D eigenvalue weighted by Crippen LogP contribution is -2.47. The summed E-state index contributed by atoms with van der Waals surface area (Å²) in [5, 5.41) is 0. The van der Waals surface area contributed by atoms with Gasteiger partial charge in [0.15, 0.2) is 0 Å². The SMILES string of the molecule is FC12CC3CC(CC(C3)C1)C2.FC1C2CC3CC(C2)CC1C3. The van der Waals surface area contributed by atoms with Crippen LogP contribution in [-0.2, 0) is 0 Å². The van der Waals surface area contributed by atoms with E-state index in [1.807, 2.05) is 0 Å². The lowest BCUT2D eigenvalue weighted by atomic mass is 9.55. The molecular weight excluding hydrogens is 278 g/mol. The van der Waals surface area contributed by atoms with Crippen LogP contribution in [0.1, 0.15) is 70.6 Å². The Bertz CT molecular complexity index is 380. The Morgan fingerprint density at radius 2 is 0.909 bits per heavy atom. The number of halogens is 2. The lowest BCUT2D eigenvalue weighted by Gasteiger charge is -2.52. The first-order valence-corrected chi connectivity index (χ1v) is 9.89. The first-order chi connectivity index (χ1) is 10.6. The molecule has 124 valence electrons. The molecule has 0 aliphatic heterocycles. The van der Waals surface area contributed by atoms with Gasteiger partial charge in [-0.3, -0.25) is 0 Å². The van der Waals surface area contributed by atoms with Gasteiger partial charge in [0.25, 0.3) is 0 Å². The summed E-state index contributed by atoms with van der Waals surface area (Å²) < 4.78 is 27.4. The third kappa shape index (κ3) is 2.35. The average molecular weight is 308 g/mol. The Morgan fingerprint density at radius 3 is 1.27 bits per heavy atom. The van der Waals surface area contributed by atoms with E-state index in [1.54, 1.807) is 0 Å². The van der Waals surface area contributed by atoms with Crippen LogP contribution in [0.5, 0.6) is 0 Å². The van der Waals surface area contributed by atoms with E-state index in [-0.39, 0.29) is 0 Å². The van der Waals surface area contributed by atoms with Crippen LogP contribution in [0.15, 0.2) is 0 Å². The lowest BCUT2D eigenvalue weighted by molar-refractivity contribution is -0.0727. The number of hydrogen-bond acceptors (Lipinski definition) is 0. The molecule has 0 atom stereocenters. The molecule has 22 heavy (non-hydrogen) atoms. The molecule has 0 N–H and O–H groups in total. The molecule has 0 aromatic rings. The van der Waals surface area contributed by atoms with Gasteiger partial charge in [-0.05, 0) is 112 Å². The van der Waals surface area contributed by atoms with Crippen molar-refractivity contribution >= 4 is 0 Å². The highest BCUT2D eigenvalue weighted by atomic mass is 19.1. The van der Waals surface area contributed by atoms with Crippen molar-refractivity contribution in [3.05, 3.63) is 0 Å². The van der Waals surface area contributed by atoms with E-state index in [9.17, 15) is 8.78 Å². The molecule has 8 bridgehead atoms. The molecule has 0 amide bonds. The number of alkyl halides is 2. The Kier molecular flexibility index (Phi) is 3.19. The minimum Gasteiger partial charge on any atom is -0.247 e. The van der Waals surface area contributed by atoms with Crippen LogP contribution in [0.2, 0.25) is 0 Å². The highest BCUT2D eigenvalue weighted by Crippen LogP contribution is 2.57. The summed E-state index contributed by atoms with van der Waals surface area (Å²) in [6.07, 6.45) is 12.6. The summed E-state index contributed by atoms with van der Waals surface area (Å²) in [5.74, 6) is 5.11. The van der Waals surface area contributed by atoms with Crippen LogP contribution in [0.25, 0.3) is 0 Å². The van der Waals surface area contributed by atoms with Crippen molar-refractivity contribution in [1.29, 1.82) is 0 Å². The highest BCUT2D eigenvalue weighted by Gasteiger charge is 2.51. The molecule has 0 spiro atoms. The van der Waals surface area contributed by atoms with Crippen molar-refractivity contribution in [1.82, 2.24) is 0 Å². The predicted molar refractivity (Wildman–Crippen MR) is 84.0 cm³/mol. The first-order valence-electron chi connectivity index (χ1n) is 9.89. The van der Waals surface area contributed by atoms with E-state index in [4.69, 9.17) is 0 Å². The smallest absolute Gasteiger partial charge is 0.111 e. The van der Waals surface area contributed by atoms with Gasteiger partial charge in [-0.2, -0.15) is 0 Å². The fourth-order valence-corrected chi connectivity index (χ4v) is 7.86. The summed E-state index contributed by atoms with van der Waals surface area (Å²) in [5.41, 5.74) is -0.700. The van der Waals surface area contributed by atoms with Crippen molar-refractivity contribution in [3.63, 3.8) is 0 Å². The fraction of sp³-hybridized carbons (Fsp3) is 1.00. The maximum absolute atomic E-state index is 13.9. The molecule has 0 nitrogen and oxygen atoms in total. The van der Waals surface area contributed by atoms with Crippen LogP contribution in [0, 0.1) is 41.4 Å². The Morgan fingerprint density at radius 1 is 0.545 bits per heavy atom. The monoisotopic (exact) mass is 308 g/mol. The highest BCUT2D eigenvalue weighted by molar-refractivity contribution is 5.02. The molecular formula is C20H30F2. The van der Waals surface area contributed by atoms with E-state index in [2.05, 4.69) is 0 Å². The fourth-order valence-electron chi connectivity index (χ4n) is 7.86. The topological polar surface area (TPSA) is 0 Å². The van der Waals surface area contributed by atoms with Crippen LogP contribution in [-0.4, -0.2) is 11.8 Å². The third-order valence-electron chi connectivity index (χ3n) is 8.08. The molecule has 0 aromatic heterocycles. The number of rotatable bonds is 0. The van der Waals surface area contributed by atoms with Gasteiger partial charge in [0, 0.05) is 0 Å². The van der Waals surface area contributed by atoms with Crippen molar-refractivity contribution < 1.29 is 8.78 Å². The minimum atomic E-state index is -0.700. The second-order valence-electron chi connectivity index (χ2n) is 9.94. The summed E-state index contributed by atoms with van der Waals surface area (Å²) in [6, 6.07) is 0. The molecule has 0 radical (unpaired) electrons. The molecule has 8 aliphatic carbocycles. The molecule has 8 fully saturated rings. The van der Waals surface area contributed by atoms with E-state index in [1.165, 1.54) is 51.4 Å². The van der Waals surface area contributed by atoms with Gasteiger partial charge in [0.05, 0.1) is 0 Å². The Balaban J connectivity index is 0.000000102. The average Bonchev–Trinajstić information content (AvgIpc) is 2.41. The molecule has 0 aromatic carbocycles. The van der Waals surface area contributed by atoms with Gasteiger partial charge in [-0.1, -0.05) is 0 Å². The Hall–Kier alpha value is -0.140. The Labute approximate surface area is 133 Å². The molecule has 0 unspecified atom stereocenters. The van der Waals surface area contributed by atoms with E-state index < -0.39 is 11.8 Å². The van der Waals surface area contributed by atoms with Gasteiger partial charge < -0.3 is 0 Å². The quantitative estimate of drug-likeness (QED) is 0.538. The molecule has 8 rings (SSSR count). The standard InChI is InChI=1S/2C10H15F/c11-10-4-7-1-8(5-10)3-9(2-7)6-10;11-10-8-2-6-1-7(4-8)5-9(10)3-6/h7-9H,1-6H2;6-10H,1-5H2. The normalized spacial score (nSPS) is 60.3. The number of hydrogen-bond donors (Lipinski definition) is 0. The van der Waals surface area contributed by atoms with Crippen LogP contribution in [0.3, 0.4) is 0 Å². The van der Waals surface area contributed by atoms with E-state index >= 15 is 0 Å². The second-order valence-corrected chi connectivity index (χ2v) is 9.94. The van der Waals surface area contributed by atoms with E-state index in [0.29, 0.717) is 11.8 Å². The predicted octanol–water partition coefficient (Wildman–Crippen LogP) is 5.71. The van der Waals surface area contributed by atoms with Crippen LogP contribution in [0.4, 0.5) is 8.78 Å². The van der Waals surface area contributed by atoms with Gasteiger partial charge in [0.2, 0.25) is 0 Å². The van der Waals surface area contributed by atoms with Crippen LogP contribution < -0.4 is 0 Å². The second kappa shape index (κ2) is 4.93. The van der Waals surface area contributed by atoms with Crippen molar-refractivity contribution in [2.75, 3.05) is 0 Å². The zero-order valence-electron chi connectivity index (χ0n) is 13.7. The zero-order chi connectivity index (χ0) is 14.9. The summed E-state index contributed by atoms with van der Waals surface area (Å²) in [6.45, 7) is 0. The maximum atomic E-state index is 13.9. The third-order valence-corrected chi connectivity index (χ3v) is 8.08. The zero-order valence-corrected chi connectivity index (χ0v) is 13.7. The maximum Gasteiger partial charge on any atom is 0.111 e. The molecule has 0 heterocycles. The van der Waals surface area contributed by atoms with Gasteiger partial charge >= 0.3 is 0 Å². The summed E-state index contributed by atoms with van der Waals surface area (Å²) in [7, 11) is 0. The summed E-state index contributed by atoms with van der Waals surface area (Å²) in [4.78, 5) is 0. The van der Waals surface area contributed by atoms with E-state index in [0.717, 1.165) is 48.9 Å². The largest absolute Gasteiger partial charge is 0.247 e. The van der Waals surface area contributed by atoms with Crippen molar-refractivity contribution in [2.45, 2.75) is 82.5 Å². The minimum absolute atomic E-state index is 0.414. The molecule has 2 heteroatoms. The van der Waals surface area contributed by atoms with Gasteiger partial charge in [0.1, 0.15) is 11.8 Å². The van der Waals surface area contributed by atoms with Gasteiger partial charge in [-0.25, -0.2) is 8.78 Å². The van der Waals surface area contributed by atoms with Gasteiger partial charge in [-0.15, -0.1) is 0 Å². The first kappa shape index (κ1) is 14.2. The van der Waals surface area contributed by atoms with Crippen molar-refractivity contribution in [3.8, 4) is 0 Å². The summed E-state index contributed by atoms with van der Waals surface area (Å²) >= 11 is 0. The molecule has 8 saturated carbocycles. The van der Waals surface area contributed by atoms with Crippen LogP contribution >= 0.6 is 0 Å². The van der Waals surface area contributed by atoms with Crippen molar-refractivity contribution in [2.24, 2.45) is 41.4 Å².